The average molecular weight is 401 g/mol. The monoisotopic (exact) mass is 401 g/mol. The molecule has 6 nitrogen and oxygen atoms in total. The second-order valence-corrected chi connectivity index (χ2v) is 6.56. The minimum absolute atomic E-state index is 0.0222. The molecule has 152 valence electrons. The Kier molecular flexibility index (Phi) is 6.10. The largest absolute Gasteiger partial charge is 0.460 e. The lowest BCUT2D eigenvalue weighted by atomic mass is 10.1. The number of ether oxygens (including phenoxy) is 2. The molecule has 0 radical (unpaired) electrons. The molecule has 2 aromatic rings. The normalized spacial score (nSPS) is 12.6. The van der Waals surface area contributed by atoms with Crippen LogP contribution in [-0.4, -0.2) is 32.7 Å². The molecule has 0 bridgehead atoms. The Labute approximate surface area is 158 Å². The smallest absolute Gasteiger partial charge is 0.416 e. The van der Waals surface area contributed by atoms with Gasteiger partial charge in [0.05, 0.1) is 11.7 Å². The summed E-state index contributed by atoms with van der Waals surface area (Å²) in [5.74, 6) is -3.15. The molecule has 0 N–H and O–H groups in total. The number of nitrogens with zero attached hydrogens (tertiary/aromatic N) is 3. The number of alkyl halides is 4. The Morgan fingerprint density at radius 1 is 1.18 bits per heavy atom. The van der Waals surface area contributed by atoms with Gasteiger partial charge in [0.2, 0.25) is 5.85 Å². The van der Waals surface area contributed by atoms with Gasteiger partial charge in [0, 0.05) is 31.7 Å². The molecule has 1 aromatic carbocycles. The number of hydrogen-bond acceptors (Lipinski definition) is 5. The molecule has 0 saturated heterocycles. The van der Waals surface area contributed by atoms with Gasteiger partial charge in [-0.1, -0.05) is 0 Å². The first kappa shape index (κ1) is 21.4. The number of benzene rings is 1. The van der Waals surface area contributed by atoms with E-state index in [1.165, 1.54) is 18.6 Å². The first-order valence-electron chi connectivity index (χ1n) is 8.24. The molecule has 0 amide bonds. The van der Waals surface area contributed by atoms with E-state index in [2.05, 4.69) is 10.1 Å². The lowest BCUT2D eigenvalue weighted by Crippen LogP contribution is -2.21. The fourth-order valence-electron chi connectivity index (χ4n) is 2.12. The van der Waals surface area contributed by atoms with Crippen molar-refractivity contribution in [1.82, 2.24) is 14.8 Å². The maximum absolute atomic E-state index is 13.7. The summed E-state index contributed by atoms with van der Waals surface area (Å²) in [5, 5.41) is 3.99. The number of hydrogen-bond donors (Lipinski definition) is 0. The number of esters is 1. The summed E-state index contributed by atoms with van der Waals surface area (Å²) < 4.78 is 64.2. The van der Waals surface area contributed by atoms with Gasteiger partial charge in [0.15, 0.2) is 5.82 Å². The fourth-order valence-corrected chi connectivity index (χ4v) is 2.12. The molecule has 0 spiro atoms. The quantitative estimate of drug-likeness (QED) is 0.406. The third kappa shape index (κ3) is 6.36. The molecule has 0 atom stereocenters. The topological polar surface area (TPSA) is 66.2 Å². The van der Waals surface area contributed by atoms with E-state index in [0.29, 0.717) is 6.07 Å². The van der Waals surface area contributed by atoms with Crippen LogP contribution < -0.4 is 4.74 Å². The zero-order valence-electron chi connectivity index (χ0n) is 15.6. The van der Waals surface area contributed by atoms with Crippen molar-refractivity contribution < 1.29 is 31.8 Å². The molecule has 10 heteroatoms. The van der Waals surface area contributed by atoms with Crippen LogP contribution >= 0.6 is 0 Å². The third-order valence-electron chi connectivity index (χ3n) is 3.08. The third-order valence-corrected chi connectivity index (χ3v) is 3.08. The van der Waals surface area contributed by atoms with Crippen LogP contribution in [-0.2, 0) is 15.7 Å². The van der Waals surface area contributed by atoms with Gasteiger partial charge in [-0.15, -0.1) is 5.10 Å². The number of aromatic nitrogens is 3. The van der Waals surface area contributed by atoms with Crippen molar-refractivity contribution in [2.24, 2.45) is 0 Å². The summed E-state index contributed by atoms with van der Waals surface area (Å²) >= 11 is 0. The molecule has 1 aromatic heterocycles. The van der Waals surface area contributed by atoms with Crippen LogP contribution in [0.3, 0.4) is 0 Å². The molecule has 28 heavy (non-hydrogen) atoms. The Morgan fingerprint density at radius 3 is 2.43 bits per heavy atom. The predicted molar refractivity (Wildman–Crippen MR) is 92.8 cm³/mol. The standard InChI is InChI=1S/C18H19F4N3O3/c1-11(2)27-15(26)5-6-25-10-23-16(24-25)12-7-13(18(20,21)22)9-14(8-12)28-17(3,4)19/h5-11H,1-4H3/b6-5+. The fraction of sp³-hybridized carbons (Fsp3) is 0.389. The lowest BCUT2D eigenvalue weighted by Gasteiger charge is -2.19. The summed E-state index contributed by atoms with van der Waals surface area (Å²) in [6, 6.07) is 2.73. The highest BCUT2D eigenvalue weighted by Gasteiger charge is 2.32. The van der Waals surface area contributed by atoms with E-state index < -0.39 is 23.6 Å². The highest BCUT2D eigenvalue weighted by atomic mass is 19.4. The van der Waals surface area contributed by atoms with Gasteiger partial charge in [0.25, 0.3) is 0 Å². The summed E-state index contributed by atoms with van der Waals surface area (Å²) in [4.78, 5) is 15.4. The van der Waals surface area contributed by atoms with Gasteiger partial charge < -0.3 is 9.47 Å². The Balaban J connectivity index is 2.34. The molecule has 0 aliphatic heterocycles. The van der Waals surface area contributed by atoms with E-state index >= 15 is 0 Å². The first-order valence-corrected chi connectivity index (χ1v) is 8.24. The van der Waals surface area contributed by atoms with E-state index in [0.717, 1.165) is 30.7 Å². The zero-order valence-corrected chi connectivity index (χ0v) is 15.6. The minimum atomic E-state index is -4.67. The van der Waals surface area contributed by atoms with E-state index in [-0.39, 0.29) is 23.2 Å². The van der Waals surface area contributed by atoms with Gasteiger partial charge in [-0.25, -0.2) is 14.5 Å². The summed E-state index contributed by atoms with van der Waals surface area (Å²) in [6.07, 6.45) is -1.42. The van der Waals surface area contributed by atoms with Crippen LogP contribution in [0.5, 0.6) is 5.75 Å². The van der Waals surface area contributed by atoms with Gasteiger partial charge in [0.1, 0.15) is 12.1 Å². The van der Waals surface area contributed by atoms with Gasteiger partial charge in [-0.05, 0) is 32.0 Å². The number of carbonyl (C=O) groups excluding carboxylic acids is 1. The summed E-state index contributed by atoms with van der Waals surface area (Å²) in [5.41, 5.74) is -1.05. The summed E-state index contributed by atoms with van der Waals surface area (Å²) in [7, 11) is 0. The van der Waals surface area contributed by atoms with Crippen LogP contribution in [0.1, 0.15) is 33.3 Å². The minimum Gasteiger partial charge on any atom is -0.460 e. The number of halogens is 4. The Bertz CT molecular complexity index is 868. The molecule has 0 aliphatic carbocycles. The first-order chi connectivity index (χ1) is 12.8. The van der Waals surface area contributed by atoms with Crippen molar-refractivity contribution >= 4 is 12.2 Å². The SMILES string of the molecule is CC(C)OC(=O)/C=C/n1cnc(-c2cc(OC(C)(C)F)cc(C(F)(F)F)c2)n1. The van der Waals surface area contributed by atoms with Crippen LogP contribution in [0.2, 0.25) is 0 Å². The van der Waals surface area contributed by atoms with Gasteiger partial charge in [-0.3, -0.25) is 0 Å². The van der Waals surface area contributed by atoms with Gasteiger partial charge in [-0.2, -0.15) is 17.6 Å². The molecular weight excluding hydrogens is 382 g/mol. The molecule has 2 rings (SSSR count). The molecule has 0 unspecified atom stereocenters. The van der Waals surface area contributed by atoms with E-state index in [9.17, 15) is 22.4 Å². The Hall–Kier alpha value is -2.91. The molecule has 0 aliphatic rings. The van der Waals surface area contributed by atoms with Crippen LogP contribution in [0.15, 0.2) is 30.6 Å². The van der Waals surface area contributed by atoms with Crippen LogP contribution in [0.4, 0.5) is 17.6 Å². The van der Waals surface area contributed by atoms with Crippen molar-refractivity contribution in [2.45, 2.75) is 45.8 Å². The average Bonchev–Trinajstić information content (AvgIpc) is 2.98. The second-order valence-electron chi connectivity index (χ2n) is 6.56. The molecule has 0 saturated carbocycles. The van der Waals surface area contributed by atoms with Crippen molar-refractivity contribution in [3.63, 3.8) is 0 Å². The van der Waals surface area contributed by atoms with E-state index in [4.69, 9.17) is 9.47 Å². The van der Waals surface area contributed by atoms with Gasteiger partial charge >= 0.3 is 12.1 Å². The van der Waals surface area contributed by atoms with E-state index in [1.54, 1.807) is 13.8 Å². The molecule has 0 fully saturated rings. The van der Waals surface area contributed by atoms with Crippen molar-refractivity contribution in [3.05, 3.63) is 36.2 Å². The maximum Gasteiger partial charge on any atom is 0.416 e. The lowest BCUT2D eigenvalue weighted by molar-refractivity contribution is -0.141. The second kappa shape index (κ2) is 7.99. The highest BCUT2D eigenvalue weighted by Crippen LogP contribution is 2.36. The van der Waals surface area contributed by atoms with Crippen LogP contribution in [0.25, 0.3) is 17.6 Å². The Morgan fingerprint density at radius 2 is 1.86 bits per heavy atom. The zero-order chi connectivity index (χ0) is 21.1. The van der Waals surface area contributed by atoms with Crippen molar-refractivity contribution in [3.8, 4) is 17.1 Å². The number of rotatable bonds is 6. The van der Waals surface area contributed by atoms with Crippen molar-refractivity contribution in [1.29, 1.82) is 0 Å². The highest BCUT2D eigenvalue weighted by molar-refractivity contribution is 5.85. The molecular formula is C18H19F4N3O3. The van der Waals surface area contributed by atoms with E-state index in [1.807, 2.05) is 0 Å². The summed E-state index contributed by atoms with van der Waals surface area (Å²) in [6.45, 7) is 5.51. The maximum atomic E-state index is 13.7. The van der Waals surface area contributed by atoms with Crippen molar-refractivity contribution in [2.75, 3.05) is 0 Å². The predicted octanol–water partition coefficient (Wildman–Crippen LogP) is 4.47. The number of carbonyl (C=O) groups is 1. The molecule has 1 heterocycles. The van der Waals surface area contributed by atoms with Crippen LogP contribution in [0, 0.1) is 0 Å².